The van der Waals surface area contributed by atoms with E-state index in [0.717, 1.165) is 12.3 Å². The van der Waals surface area contributed by atoms with Gasteiger partial charge in [-0.05, 0) is 50.1 Å². The highest BCUT2D eigenvalue weighted by atomic mass is 32.2. The average molecular weight is 497 g/mol. The zero-order valence-electron chi connectivity index (χ0n) is 18.0. The molecule has 1 saturated heterocycles. The van der Waals surface area contributed by atoms with E-state index in [1.807, 2.05) is 0 Å². The Kier molecular flexibility index (Phi) is 7.05. The molecular formula is C20H24N4O7S2. The van der Waals surface area contributed by atoms with Crippen LogP contribution in [0.15, 0.2) is 47.4 Å². The van der Waals surface area contributed by atoms with Crippen LogP contribution < -0.4 is 10.0 Å². The molecule has 1 amide bonds. The molecule has 0 bridgehead atoms. The fourth-order valence-corrected chi connectivity index (χ4v) is 5.41. The number of rotatable bonds is 7. The first-order chi connectivity index (χ1) is 15.4. The minimum Gasteiger partial charge on any atom is -0.349 e. The molecule has 2 aromatic carbocycles. The molecule has 1 heterocycles. The molecule has 1 aliphatic heterocycles. The highest BCUT2D eigenvalue weighted by Crippen LogP contribution is 2.24. The number of hydrogen-bond donors (Lipinski definition) is 2. The van der Waals surface area contributed by atoms with Crippen LogP contribution in [0.1, 0.15) is 28.8 Å². The molecule has 0 spiro atoms. The first-order valence-corrected chi connectivity index (χ1v) is 13.3. The summed E-state index contributed by atoms with van der Waals surface area (Å²) in [6.45, 7) is 2.18. The predicted molar refractivity (Wildman–Crippen MR) is 122 cm³/mol. The first-order valence-electron chi connectivity index (χ1n) is 10.0. The van der Waals surface area contributed by atoms with Gasteiger partial charge < -0.3 is 5.32 Å². The maximum Gasteiger partial charge on any atom is 0.273 e. The average Bonchev–Trinajstić information content (AvgIpc) is 2.73. The third-order valence-electron chi connectivity index (χ3n) is 5.35. The third-order valence-corrected chi connectivity index (χ3v) is 8.03. The standard InChI is InChI=1S/C20H24N4O7S2/c1-14-3-8-18(13-19(14)24(26)27)33(30,31)22-17-6-4-15(5-7-17)20(25)21-16-9-11-23(12-10-16)32(2,28)29/h3-8,13,16,22H,9-12H2,1-2H3,(H,21,25). The van der Waals surface area contributed by atoms with Crippen LogP contribution in [0.25, 0.3) is 0 Å². The van der Waals surface area contributed by atoms with Crippen molar-refractivity contribution in [2.75, 3.05) is 24.1 Å². The van der Waals surface area contributed by atoms with Crippen molar-refractivity contribution >= 4 is 37.3 Å². The number of nitro benzene ring substituents is 1. The molecule has 0 radical (unpaired) electrons. The highest BCUT2D eigenvalue weighted by molar-refractivity contribution is 7.92. The third kappa shape index (κ3) is 6.06. The van der Waals surface area contributed by atoms with E-state index in [1.165, 1.54) is 47.6 Å². The van der Waals surface area contributed by atoms with Crippen molar-refractivity contribution in [1.82, 2.24) is 9.62 Å². The van der Waals surface area contributed by atoms with Crippen LogP contribution in [0.4, 0.5) is 11.4 Å². The number of carbonyl (C=O) groups excluding carboxylic acids is 1. The van der Waals surface area contributed by atoms with Crippen LogP contribution in [0.2, 0.25) is 0 Å². The smallest absolute Gasteiger partial charge is 0.273 e. The van der Waals surface area contributed by atoms with Gasteiger partial charge in [-0.15, -0.1) is 0 Å². The zero-order valence-corrected chi connectivity index (χ0v) is 19.6. The summed E-state index contributed by atoms with van der Waals surface area (Å²) in [5, 5.41) is 13.9. The largest absolute Gasteiger partial charge is 0.349 e. The molecule has 2 aromatic rings. The molecular weight excluding hydrogens is 472 g/mol. The van der Waals surface area contributed by atoms with Gasteiger partial charge in [-0.1, -0.05) is 6.07 Å². The van der Waals surface area contributed by atoms with Gasteiger partial charge in [-0.25, -0.2) is 21.1 Å². The summed E-state index contributed by atoms with van der Waals surface area (Å²) < 4.78 is 52.1. The van der Waals surface area contributed by atoms with Crippen LogP contribution in [-0.2, 0) is 20.0 Å². The SMILES string of the molecule is Cc1ccc(S(=O)(=O)Nc2ccc(C(=O)NC3CCN(S(C)(=O)=O)CC3)cc2)cc1[N+](=O)[O-]. The van der Waals surface area contributed by atoms with E-state index < -0.39 is 25.0 Å². The normalized spacial score (nSPS) is 15.7. The van der Waals surface area contributed by atoms with Crippen molar-refractivity contribution < 1.29 is 26.6 Å². The molecule has 1 fully saturated rings. The van der Waals surface area contributed by atoms with Crippen LogP contribution in [0.3, 0.4) is 0 Å². The number of carbonyl (C=O) groups is 1. The monoisotopic (exact) mass is 496 g/mol. The Hall–Kier alpha value is -3.03. The van der Waals surface area contributed by atoms with E-state index in [0.29, 0.717) is 37.1 Å². The van der Waals surface area contributed by atoms with E-state index in [4.69, 9.17) is 0 Å². The predicted octanol–water partition coefficient (Wildman–Crippen LogP) is 1.86. The van der Waals surface area contributed by atoms with Gasteiger partial charge in [0, 0.05) is 42.0 Å². The molecule has 0 aliphatic carbocycles. The van der Waals surface area contributed by atoms with Gasteiger partial charge in [0.2, 0.25) is 10.0 Å². The molecule has 1 aliphatic rings. The van der Waals surface area contributed by atoms with E-state index in [9.17, 15) is 31.7 Å². The molecule has 3 rings (SSSR count). The number of anilines is 1. The summed E-state index contributed by atoms with van der Waals surface area (Å²) in [5.41, 5.74) is 0.550. The van der Waals surface area contributed by atoms with E-state index in [-0.39, 0.29) is 28.2 Å². The first kappa shape index (κ1) is 24.6. The van der Waals surface area contributed by atoms with Crippen molar-refractivity contribution in [2.24, 2.45) is 0 Å². The number of nitro groups is 1. The van der Waals surface area contributed by atoms with Gasteiger partial charge >= 0.3 is 0 Å². The molecule has 2 N–H and O–H groups in total. The lowest BCUT2D eigenvalue weighted by Crippen LogP contribution is -2.46. The second kappa shape index (κ2) is 9.45. The number of nitrogens with one attached hydrogen (secondary N) is 2. The Balaban J connectivity index is 1.64. The Bertz CT molecular complexity index is 1270. The topological polar surface area (TPSA) is 156 Å². The van der Waals surface area contributed by atoms with Crippen LogP contribution in [0.5, 0.6) is 0 Å². The zero-order chi connectivity index (χ0) is 24.4. The van der Waals surface area contributed by atoms with Gasteiger partial charge in [0.25, 0.3) is 21.6 Å². The minimum atomic E-state index is -4.07. The summed E-state index contributed by atoms with van der Waals surface area (Å²) >= 11 is 0. The van der Waals surface area contributed by atoms with Gasteiger partial charge in [0.05, 0.1) is 16.1 Å². The van der Waals surface area contributed by atoms with Crippen LogP contribution in [0, 0.1) is 17.0 Å². The second-order valence-electron chi connectivity index (χ2n) is 7.80. The number of aryl methyl sites for hydroxylation is 1. The summed E-state index contributed by atoms with van der Waals surface area (Å²) in [6, 6.07) is 9.22. The van der Waals surface area contributed by atoms with Crippen LogP contribution in [-0.4, -0.2) is 57.4 Å². The number of sulfonamides is 2. The Labute approximate surface area is 192 Å². The fraction of sp³-hybridized carbons (Fsp3) is 0.350. The minimum absolute atomic E-state index is 0.161. The van der Waals surface area contributed by atoms with Gasteiger partial charge in [0.15, 0.2) is 0 Å². The van der Waals surface area contributed by atoms with E-state index in [1.54, 1.807) is 0 Å². The summed E-state index contributed by atoms with van der Waals surface area (Å²) in [5.74, 6) is -0.351. The lowest BCUT2D eigenvalue weighted by atomic mass is 10.1. The quantitative estimate of drug-likeness (QED) is 0.438. The molecule has 11 nitrogen and oxygen atoms in total. The maximum atomic E-state index is 12.6. The fourth-order valence-electron chi connectivity index (χ4n) is 3.46. The van der Waals surface area contributed by atoms with Crippen molar-refractivity contribution in [2.45, 2.75) is 30.7 Å². The number of nitrogens with zero attached hydrogens (tertiary/aromatic N) is 2. The maximum absolute atomic E-state index is 12.6. The Morgan fingerprint density at radius 3 is 2.21 bits per heavy atom. The lowest BCUT2D eigenvalue weighted by molar-refractivity contribution is -0.385. The van der Waals surface area contributed by atoms with Crippen molar-refractivity contribution in [1.29, 1.82) is 0 Å². The summed E-state index contributed by atoms with van der Waals surface area (Å²) in [7, 11) is -7.32. The van der Waals surface area contributed by atoms with Gasteiger partial charge in [-0.2, -0.15) is 0 Å². The molecule has 0 atom stereocenters. The molecule has 178 valence electrons. The number of benzene rings is 2. The number of piperidine rings is 1. The molecule has 13 heteroatoms. The molecule has 33 heavy (non-hydrogen) atoms. The van der Waals surface area contributed by atoms with Crippen molar-refractivity contribution in [3.8, 4) is 0 Å². The second-order valence-corrected chi connectivity index (χ2v) is 11.5. The van der Waals surface area contributed by atoms with Gasteiger partial charge in [0.1, 0.15) is 0 Å². The highest BCUT2D eigenvalue weighted by Gasteiger charge is 2.26. The molecule has 0 unspecified atom stereocenters. The van der Waals surface area contributed by atoms with Crippen molar-refractivity contribution in [3.63, 3.8) is 0 Å². The Morgan fingerprint density at radius 1 is 1.06 bits per heavy atom. The van der Waals surface area contributed by atoms with E-state index >= 15 is 0 Å². The molecule has 0 saturated carbocycles. The summed E-state index contributed by atoms with van der Waals surface area (Å²) in [6.07, 6.45) is 2.15. The number of hydrogen-bond acceptors (Lipinski definition) is 7. The van der Waals surface area contributed by atoms with E-state index in [2.05, 4.69) is 10.0 Å². The number of amides is 1. The lowest BCUT2D eigenvalue weighted by Gasteiger charge is -2.30. The Morgan fingerprint density at radius 2 is 1.67 bits per heavy atom. The van der Waals surface area contributed by atoms with Crippen LogP contribution >= 0.6 is 0 Å². The van der Waals surface area contributed by atoms with Gasteiger partial charge in [-0.3, -0.25) is 19.6 Å². The van der Waals surface area contributed by atoms with Crippen molar-refractivity contribution in [3.05, 3.63) is 63.7 Å². The summed E-state index contributed by atoms with van der Waals surface area (Å²) in [4.78, 5) is 22.7. The molecule has 0 aromatic heterocycles.